The van der Waals surface area contributed by atoms with Gasteiger partial charge in [0, 0.05) is 10.9 Å². The van der Waals surface area contributed by atoms with Crippen LogP contribution in [0.3, 0.4) is 0 Å². The summed E-state index contributed by atoms with van der Waals surface area (Å²) in [7, 11) is 2.04. The number of benzene rings is 1. The number of aldehydes is 1. The Morgan fingerprint density at radius 1 is 1.30 bits per heavy atom. The molecule has 0 radical (unpaired) electrons. The summed E-state index contributed by atoms with van der Waals surface area (Å²) in [6.07, 6.45) is 3.73. The molecule has 1 rings (SSSR count). The number of alkyl halides is 2. The van der Waals surface area contributed by atoms with E-state index in [1.54, 1.807) is 11.8 Å². The summed E-state index contributed by atoms with van der Waals surface area (Å²) >= 11 is 11.5. The molecule has 0 aliphatic carbocycles. The molecule has 2 unspecified atom stereocenters. The average Bonchev–Trinajstić information content (AvgIpc) is 2.49. The Morgan fingerprint density at radius 3 is 2.10 bits per heavy atom. The van der Waals surface area contributed by atoms with Crippen LogP contribution in [0.4, 0.5) is 0 Å². The highest BCUT2D eigenvalue weighted by Gasteiger charge is 2.14. The zero-order chi connectivity index (χ0) is 15.5. The van der Waals surface area contributed by atoms with Crippen LogP contribution < -0.4 is 5.32 Å². The molecular formula is C15H23Cl2NOS. The van der Waals surface area contributed by atoms with Crippen LogP contribution in [0.5, 0.6) is 0 Å². The third-order valence-electron chi connectivity index (χ3n) is 3.16. The zero-order valence-corrected chi connectivity index (χ0v) is 14.7. The first kappa shape index (κ1) is 19.8. The summed E-state index contributed by atoms with van der Waals surface area (Å²) < 4.78 is 0. The summed E-state index contributed by atoms with van der Waals surface area (Å²) in [6, 6.07) is 9.48. The smallest absolute Gasteiger partial charge is 0.162 e. The van der Waals surface area contributed by atoms with Crippen LogP contribution in [0.1, 0.15) is 31.7 Å². The Kier molecular flexibility index (Phi) is 11.3. The molecule has 0 spiro atoms. The van der Waals surface area contributed by atoms with Crippen molar-refractivity contribution < 1.29 is 4.79 Å². The second-order valence-corrected chi connectivity index (χ2v) is 6.38. The first-order valence-electron chi connectivity index (χ1n) is 6.54. The van der Waals surface area contributed by atoms with E-state index in [1.807, 2.05) is 7.05 Å². The zero-order valence-electron chi connectivity index (χ0n) is 12.4. The predicted octanol–water partition coefficient (Wildman–Crippen LogP) is 4.50. The van der Waals surface area contributed by atoms with Gasteiger partial charge < -0.3 is 10.1 Å². The molecule has 0 aliphatic rings. The number of likely N-dealkylation sites (N-methyl/N-ethyl adjacent to an activating group) is 1. The third kappa shape index (κ3) is 7.53. The van der Waals surface area contributed by atoms with E-state index in [9.17, 15) is 4.79 Å². The molecule has 1 aromatic carbocycles. The molecule has 114 valence electrons. The fraction of sp³-hybridized carbons (Fsp3) is 0.533. The van der Waals surface area contributed by atoms with Gasteiger partial charge in [-0.15, -0.1) is 11.8 Å². The largest absolute Gasteiger partial charge is 0.316 e. The quantitative estimate of drug-likeness (QED) is 0.471. The van der Waals surface area contributed by atoms with Gasteiger partial charge in [-0.2, -0.15) is 0 Å². The predicted molar refractivity (Wildman–Crippen MR) is 91.3 cm³/mol. The minimum absolute atomic E-state index is 0.448. The van der Waals surface area contributed by atoms with Gasteiger partial charge in [-0.3, -0.25) is 0 Å². The van der Waals surface area contributed by atoms with Crippen molar-refractivity contribution in [1.29, 1.82) is 0 Å². The molecule has 2 nitrogen and oxygen atoms in total. The van der Waals surface area contributed by atoms with Crippen molar-refractivity contribution in [3.63, 3.8) is 0 Å². The van der Waals surface area contributed by atoms with Crippen LogP contribution in [-0.2, 0) is 4.79 Å². The molecule has 0 saturated carbocycles. The van der Waals surface area contributed by atoms with Crippen molar-refractivity contribution in [3.05, 3.63) is 29.8 Å². The molecule has 0 saturated heterocycles. The van der Waals surface area contributed by atoms with Crippen LogP contribution in [0.25, 0.3) is 0 Å². The monoisotopic (exact) mass is 335 g/mol. The van der Waals surface area contributed by atoms with Crippen LogP contribution >= 0.6 is 35.0 Å². The lowest BCUT2D eigenvalue weighted by Crippen LogP contribution is -2.29. The summed E-state index contributed by atoms with van der Waals surface area (Å²) in [6.45, 7) is 4.52. The van der Waals surface area contributed by atoms with E-state index in [-0.39, 0.29) is 0 Å². The molecule has 1 aromatic rings. The van der Waals surface area contributed by atoms with Gasteiger partial charge in [0.15, 0.2) is 11.1 Å². The normalized spacial score (nSPS) is 13.3. The van der Waals surface area contributed by atoms with Gasteiger partial charge in [-0.05, 0) is 43.3 Å². The molecule has 0 amide bonds. The number of carbonyl (C=O) groups is 1. The Hall–Kier alpha value is -0.220. The number of thioether (sulfide) groups is 1. The summed E-state index contributed by atoms with van der Waals surface area (Å²) in [5.74, 6) is 0.580. The van der Waals surface area contributed by atoms with E-state index < -0.39 is 4.84 Å². The maximum absolute atomic E-state index is 9.24. The number of carbonyl (C=O) groups excluding carboxylic acids is 1. The van der Waals surface area contributed by atoms with E-state index in [2.05, 4.69) is 49.7 Å². The minimum Gasteiger partial charge on any atom is -0.316 e. The van der Waals surface area contributed by atoms with Crippen LogP contribution in [0, 0.1) is 0 Å². The second-order valence-electron chi connectivity index (χ2n) is 4.34. The number of nitrogens with one attached hydrogen (secondary N) is 1. The summed E-state index contributed by atoms with van der Waals surface area (Å²) in [5.41, 5.74) is 1.43. The van der Waals surface area contributed by atoms with Crippen molar-refractivity contribution >= 4 is 41.2 Å². The van der Waals surface area contributed by atoms with Crippen LogP contribution in [0.2, 0.25) is 0 Å². The molecule has 2 atom stereocenters. The first-order valence-corrected chi connectivity index (χ1v) is 8.64. The standard InChI is InChI=1S/C13H21NS.C2H2Cl2O/c1-5-13(14-3)10(2)11-6-8-12(15-4)9-7-11;3-2(4)1-5/h6-10,13-14H,5H2,1-4H3;1-2H. The van der Waals surface area contributed by atoms with Gasteiger partial charge >= 0.3 is 0 Å². The van der Waals surface area contributed by atoms with Crippen molar-refractivity contribution in [3.8, 4) is 0 Å². The number of hydrogen-bond donors (Lipinski definition) is 1. The number of halogens is 2. The SMILES string of the molecule is CCC(NC)C(C)c1ccc(SC)cc1.O=CC(Cl)Cl. The van der Waals surface area contributed by atoms with Gasteiger partial charge in [0.1, 0.15) is 0 Å². The minimum atomic E-state index is -0.852. The Morgan fingerprint density at radius 2 is 1.80 bits per heavy atom. The summed E-state index contributed by atoms with van der Waals surface area (Å²) in [4.78, 5) is 9.73. The molecule has 5 heteroatoms. The average molecular weight is 336 g/mol. The Labute approximate surface area is 136 Å². The molecule has 1 N–H and O–H groups in total. The highest BCUT2D eigenvalue weighted by Crippen LogP contribution is 2.23. The first-order chi connectivity index (χ1) is 9.49. The molecule has 0 aliphatic heterocycles. The highest BCUT2D eigenvalue weighted by atomic mass is 35.5. The van der Waals surface area contributed by atoms with Gasteiger partial charge in [0.05, 0.1) is 0 Å². The fourth-order valence-electron chi connectivity index (χ4n) is 1.95. The lowest BCUT2D eigenvalue weighted by Gasteiger charge is -2.22. The lowest BCUT2D eigenvalue weighted by molar-refractivity contribution is -0.106. The topological polar surface area (TPSA) is 29.1 Å². The van der Waals surface area contributed by atoms with Crippen molar-refractivity contribution in [2.24, 2.45) is 0 Å². The summed E-state index contributed by atoms with van der Waals surface area (Å²) in [5, 5.41) is 3.37. The third-order valence-corrected chi connectivity index (χ3v) is 4.11. The molecule has 0 aromatic heterocycles. The van der Waals surface area contributed by atoms with Crippen molar-refractivity contribution in [2.75, 3.05) is 13.3 Å². The molecule has 0 heterocycles. The fourth-order valence-corrected chi connectivity index (χ4v) is 2.36. The maximum atomic E-state index is 9.24. The highest BCUT2D eigenvalue weighted by molar-refractivity contribution is 7.98. The second kappa shape index (κ2) is 11.4. The molecule has 0 bridgehead atoms. The van der Waals surface area contributed by atoms with Gasteiger partial charge in [-0.1, -0.05) is 49.2 Å². The van der Waals surface area contributed by atoms with Crippen LogP contribution in [-0.4, -0.2) is 30.5 Å². The van der Waals surface area contributed by atoms with E-state index in [0.29, 0.717) is 18.2 Å². The van der Waals surface area contributed by atoms with E-state index in [4.69, 9.17) is 23.2 Å². The Bertz CT molecular complexity index is 367. The van der Waals surface area contributed by atoms with Crippen molar-refractivity contribution in [2.45, 2.75) is 42.0 Å². The van der Waals surface area contributed by atoms with Crippen molar-refractivity contribution in [1.82, 2.24) is 5.32 Å². The molecule has 0 fully saturated rings. The van der Waals surface area contributed by atoms with E-state index in [1.165, 1.54) is 16.9 Å². The Balaban J connectivity index is 0.000000621. The van der Waals surface area contributed by atoms with E-state index >= 15 is 0 Å². The van der Waals surface area contributed by atoms with Gasteiger partial charge in [0.25, 0.3) is 0 Å². The van der Waals surface area contributed by atoms with Gasteiger partial charge in [0.2, 0.25) is 0 Å². The number of rotatable bonds is 6. The van der Waals surface area contributed by atoms with E-state index in [0.717, 1.165) is 0 Å². The lowest BCUT2D eigenvalue weighted by atomic mass is 9.92. The molecule has 20 heavy (non-hydrogen) atoms. The maximum Gasteiger partial charge on any atom is 0.162 e. The van der Waals surface area contributed by atoms with Crippen LogP contribution in [0.15, 0.2) is 29.2 Å². The molecular weight excluding hydrogens is 313 g/mol. The number of hydrogen-bond acceptors (Lipinski definition) is 3. The van der Waals surface area contributed by atoms with Gasteiger partial charge in [-0.25, -0.2) is 0 Å².